The molecule has 2 unspecified atom stereocenters. The van der Waals surface area contributed by atoms with Gasteiger partial charge in [0.1, 0.15) is 0 Å². The average Bonchev–Trinajstić information content (AvgIpc) is 2.71. The van der Waals surface area contributed by atoms with E-state index < -0.39 is 9.84 Å². The van der Waals surface area contributed by atoms with Crippen LogP contribution in [0.4, 0.5) is 5.69 Å². The van der Waals surface area contributed by atoms with Crippen molar-refractivity contribution in [1.82, 2.24) is 0 Å². The summed E-state index contributed by atoms with van der Waals surface area (Å²) in [7, 11) is -0.863. The van der Waals surface area contributed by atoms with Crippen LogP contribution in [0.5, 0.6) is 0 Å². The van der Waals surface area contributed by atoms with E-state index in [0.717, 1.165) is 18.5 Å². The number of nitrogens with two attached hydrogens (primary N) is 1. The van der Waals surface area contributed by atoms with Gasteiger partial charge in [0.25, 0.3) is 0 Å². The lowest BCUT2D eigenvalue weighted by Crippen LogP contribution is -2.32. The second-order valence-corrected chi connectivity index (χ2v) is 8.19. The van der Waals surface area contributed by atoms with Gasteiger partial charge in [-0.15, -0.1) is 0 Å². The van der Waals surface area contributed by atoms with Gasteiger partial charge in [-0.2, -0.15) is 0 Å². The fourth-order valence-electron chi connectivity index (χ4n) is 2.77. The van der Waals surface area contributed by atoms with E-state index in [1.807, 2.05) is 14.0 Å². The van der Waals surface area contributed by atoms with Crippen LogP contribution in [0.1, 0.15) is 24.5 Å². The van der Waals surface area contributed by atoms with Gasteiger partial charge in [0.05, 0.1) is 11.5 Å². The molecule has 0 aliphatic carbocycles. The van der Waals surface area contributed by atoms with Gasteiger partial charge < -0.3 is 10.6 Å². The maximum Gasteiger partial charge on any atom is 0.152 e. The SMILES string of the molecule is Cc1cc(N(C)C2CCS(=O)(=O)C2)ccc1CC(C)N. The molecular formula is C15H24N2O2S. The lowest BCUT2D eigenvalue weighted by atomic mass is 10.0. The summed E-state index contributed by atoms with van der Waals surface area (Å²) in [5, 5.41) is 0. The van der Waals surface area contributed by atoms with Crippen molar-refractivity contribution in [2.45, 2.75) is 38.8 Å². The molecule has 1 heterocycles. The van der Waals surface area contributed by atoms with Crippen molar-refractivity contribution in [3.63, 3.8) is 0 Å². The maximum absolute atomic E-state index is 11.6. The van der Waals surface area contributed by atoms with E-state index in [4.69, 9.17) is 5.73 Å². The lowest BCUT2D eigenvalue weighted by Gasteiger charge is -2.26. The largest absolute Gasteiger partial charge is 0.371 e. The zero-order valence-corrected chi connectivity index (χ0v) is 13.3. The van der Waals surface area contributed by atoms with Gasteiger partial charge in [0, 0.05) is 24.8 Å². The normalized spacial score (nSPS) is 22.7. The molecule has 4 nitrogen and oxygen atoms in total. The minimum absolute atomic E-state index is 0.0960. The third kappa shape index (κ3) is 3.52. The van der Waals surface area contributed by atoms with Crippen molar-refractivity contribution in [3.8, 4) is 0 Å². The van der Waals surface area contributed by atoms with Crippen molar-refractivity contribution < 1.29 is 8.42 Å². The minimum Gasteiger partial charge on any atom is -0.371 e. The first-order chi connectivity index (χ1) is 9.28. The summed E-state index contributed by atoms with van der Waals surface area (Å²) in [6.45, 7) is 4.09. The number of aryl methyl sites for hydroxylation is 1. The second kappa shape index (κ2) is 5.74. The summed E-state index contributed by atoms with van der Waals surface area (Å²) in [6.07, 6.45) is 1.59. The molecular weight excluding hydrogens is 272 g/mol. The molecule has 0 saturated carbocycles. The molecule has 0 spiro atoms. The van der Waals surface area contributed by atoms with Crippen LogP contribution in [0.15, 0.2) is 18.2 Å². The molecule has 112 valence electrons. The highest BCUT2D eigenvalue weighted by Crippen LogP contribution is 2.25. The molecule has 1 aromatic rings. The first-order valence-electron chi connectivity index (χ1n) is 7.07. The Morgan fingerprint density at radius 1 is 1.45 bits per heavy atom. The standard InChI is InChI=1S/C15H24N2O2S/c1-11-8-14(5-4-13(11)9-12(2)16)17(3)15-6-7-20(18,19)10-15/h4-5,8,12,15H,6-7,9-10,16H2,1-3H3. The van der Waals surface area contributed by atoms with Crippen molar-refractivity contribution in [2.75, 3.05) is 23.5 Å². The summed E-state index contributed by atoms with van der Waals surface area (Å²) in [5.74, 6) is 0.577. The lowest BCUT2D eigenvalue weighted by molar-refractivity contribution is 0.601. The third-order valence-corrected chi connectivity index (χ3v) is 5.78. The van der Waals surface area contributed by atoms with E-state index in [2.05, 4.69) is 30.0 Å². The fourth-order valence-corrected chi connectivity index (χ4v) is 4.54. The number of benzene rings is 1. The van der Waals surface area contributed by atoms with Gasteiger partial charge in [0.2, 0.25) is 0 Å². The zero-order chi connectivity index (χ0) is 14.9. The smallest absolute Gasteiger partial charge is 0.152 e. The number of hydrogen-bond acceptors (Lipinski definition) is 4. The molecule has 5 heteroatoms. The Bertz CT molecular complexity index is 582. The van der Waals surface area contributed by atoms with Crippen LogP contribution in [0.3, 0.4) is 0 Å². The Morgan fingerprint density at radius 2 is 2.15 bits per heavy atom. The first kappa shape index (κ1) is 15.3. The highest BCUT2D eigenvalue weighted by molar-refractivity contribution is 7.91. The summed E-state index contributed by atoms with van der Waals surface area (Å²) in [6, 6.07) is 6.54. The molecule has 2 rings (SSSR count). The fraction of sp³-hybridized carbons (Fsp3) is 0.600. The second-order valence-electron chi connectivity index (χ2n) is 5.96. The van der Waals surface area contributed by atoms with Gasteiger partial charge in [-0.25, -0.2) is 8.42 Å². The number of sulfone groups is 1. The number of anilines is 1. The van der Waals surface area contributed by atoms with E-state index in [0.29, 0.717) is 5.75 Å². The number of hydrogen-bond donors (Lipinski definition) is 1. The Labute approximate surface area is 121 Å². The van der Waals surface area contributed by atoms with E-state index in [9.17, 15) is 8.42 Å². The van der Waals surface area contributed by atoms with Crippen LogP contribution in [0.2, 0.25) is 0 Å². The van der Waals surface area contributed by atoms with Crippen molar-refractivity contribution in [2.24, 2.45) is 5.73 Å². The summed E-state index contributed by atoms with van der Waals surface area (Å²) in [4.78, 5) is 2.09. The molecule has 20 heavy (non-hydrogen) atoms. The van der Waals surface area contributed by atoms with Crippen LogP contribution in [0, 0.1) is 6.92 Å². The Hall–Kier alpha value is -1.07. The van der Waals surface area contributed by atoms with Gasteiger partial charge in [-0.05, 0) is 49.9 Å². The Balaban J connectivity index is 2.15. The van der Waals surface area contributed by atoms with Crippen LogP contribution in [-0.4, -0.2) is 39.1 Å². The molecule has 1 aliphatic heterocycles. The third-order valence-electron chi connectivity index (χ3n) is 4.03. The quantitative estimate of drug-likeness (QED) is 0.915. The first-order valence-corrected chi connectivity index (χ1v) is 8.89. The molecule has 0 bridgehead atoms. The Kier molecular flexibility index (Phi) is 4.39. The predicted molar refractivity (Wildman–Crippen MR) is 84.0 cm³/mol. The molecule has 0 amide bonds. The summed E-state index contributed by atoms with van der Waals surface area (Å²) < 4.78 is 23.2. The monoisotopic (exact) mass is 296 g/mol. The van der Waals surface area contributed by atoms with Crippen molar-refractivity contribution in [3.05, 3.63) is 29.3 Å². The number of rotatable bonds is 4. The molecule has 1 aromatic carbocycles. The summed E-state index contributed by atoms with van der Waals surface area (Å²) in [5.41, 5.74) is 9.40. The molecule has 0 radical (unpaired) electrons. The van der Waals surface area contributed by atoms with Crippen molar-refractivity contribution in [1.29, 1.82) is 0 Å². The van der Waals surface area contributed by atoms with E-state index in [1.54, 1.807) is 0 Å². The summed E-state index contributed by atoms with van der Waals surface area (Å²) >= 11 is 0. The van der Waals surface area contributed by atoms with Gasteiger partial charge >= 0.3 is 0 Å². The zero-order valence-electron chi connectivity index (χ0n) is 12.5. The van der Waals surface area contributed by atoms with E-state index in [-0.39, 0.29) is 17.8 Å². The van der Waals surface area contributed by atoms with Crippen LogP contribution in [0.25, 0.3) is 0 Å². The molecule has 2 atom stereocenters. The van der Waals surface area contributed by atoms with Crippen molar-refractivity contribution >= 4 is 15.5 Å². The van der Waals surface area contributed by atoms with Gasteiger partial charge in [0.15, 0.2) is 9.84 Å². The maximum atomic E-state index is 11.6. The van der Waals surface area contributed by atoms with Crippen LogP contribution < -0.4 is 10.6 Å². The van der Waals surface area contributed by atoms with Gasteiger partial charge in [-0.3, -0.25) is 0 Å². The average molecular weight is 296 g/mol. The Morgan fingerprint density at radius 3 is 2.65 bits per heavy atom. The topological polar surface area (TPSA) is 63.4 Å². The molecule has 1 saturated heterocycles. The highest BCUT2D eigenvalue weighted by Gasteiger charge is 2.30. The van der Waals surface area contributed by atoms with E-state index >= 15 is 0 Å². The van der Waals surface area contributed by atoms with Gasteiger partial charge in [-0.1, -0.05) is 6.07 Å². The van der Waals surface area contributed by atoms with Crippen LogP contribution >= 0.6 is 0 Å². The number of nitrogens with zero attached hydrogens (tertiary/aromatic N) is 1. The molecule has 1 aliphatic rings. The predicted octanol–water partition coefficient (Wildman–Crippen LogP) is 1.51. The molecule has 2 N–H and O–H groups in total. The van der Waals surface area contributed by atoms with E-state index in [1.165, 1.54) is 11.1 Å². The minimum atomic E-state index is -2.84. The van der Waals surface area contributed by atoms with Crippen LogP contribution in [-0.2, 0) is 16.3 Å². The highest BCUT2D eigenvalue weighted by atomic mass is 32.2. The molecule has 0 aromatic heterocycles. The molecule has 1 fully saturated rings.